The molecular formula is C9H7Cl2NO3. The van der Waals surface area contributed by atoms with Crippen molar-refractivity contribution in [2.24, 2.45) is 0 Å². The van der Waals surface area contributed by atoms with Gasteiger partial charge in [-0.2, -0.15) is 0 Å². The Hall–Kier alpha value is -1.13. The molecule has 1 heterocycles. The topological polar surface area (TPSA) is 47.6 Å². The molecule has 0 saturated carbocycles. The lowest BCUT2D eigenvalue weighted by molar-refractivity contribution is -0.113. The van der Waals surface area contributed by atoms with E-state index in [4.69, 9.17) is 32.7 Å². The molecule has 0 unspecified atom stereocenters. The van der Waals surface area contributed by atoms with Gasteiger partial charge in [0.05, 0.1) is 5.02 Å². The van der Waals surface area contributed by atoms with Crippen LogP contribution in [0.1, 0.15) is 0 Å². The molecule has 0 fully saturated rings. The van der Waals surface area contributed by atoms with Gasteiger partial charge in [-0.05, 0) is 6.07 Å². The Morgan fingerprint density at radius 3 is 3.00 bits per heavy atom. The second-order valence-corrected chi connectivity index (χ2v) is 3.55. The normalized spacial score (nSPS) is 12.7. The Balaban J connectivity index is 2.27. The number of fused-ring (bicyclic) bond motifs is 1. The van der Waals surface area contributed by atoms with Crippen molar-refractivity contribution in [2.75, 3.05) is 18.0 Å². The number of carbonyl (C=O) groups is 1. The summed E-state index contributed by atoms with van der Waals surface area (Å²) in [6.45, 7) is 0.141. The highest BCUT2D eigenvalue weighted by atomic mass is 35.5. The molecule has 6 heteroatoms. The van der Waals surface area contributed by atoms with Crippen LogP contribution in [0.2, 0.25) is 5.02 Å². The summed E-state index contributed by atoms with van der Waals surface area (Å²) in [5.41, 5.74) is 0.537. The lowest BCUT2D eigenvalue weighted by Crippen LogP contribution is -2.12. The molecule has 0 bridgehead atoms. The predicted octanol–water partition coefficient (Wildman–Crippen LogP) is 2.25. The molecule has 0 spiro atoms. The number of anilines is 1. The molecule has 1 aliphatic rings. The van der Waals surface area contributed by atoms with Gasteiger partial charge in [0.25, 0.3) is 0 Å². The van der Waals surface area contributed by atoms with Crippen LogP contribution in [0, 0.1) is 0 Å². The fourth-order valence-electron chi connectivity index (χ4n) is 1.23. The first-order valence-corrected chi connectivity index (χ1v) is 5.07. The summed E-state index contributed by atoms with van der Waals surface area (Å²) in [4.78, 5) is 11.0. The maximum Gasteiger partial charge on any atom is 0.239 e. The molecule has 4 nitrogen and oxygen atoms in total. The summed E-state index contributed by atoms with van der Waals surface area (Å²) < 4.78 is 10.3. The van der Waals surface area contributed by atoms with Crippen LogP contribution < -0.4 is 14.8 Å². The summed E-state index contributed by atoms with van der Waals surface area (Å²) in [5.74, 6) is 0.617. The average molecular weight is 248 g/mol. The number of ether oxygens (including phenoxy) is 2. The van der Waals surface area contributed by atoms with E-state index in [0.717, 1.165) is 0 Å². The number of alkyl halides is 1. The predicted molar refractivity (Wildman–Crippen MR) is 56.9 cm³/mol. The van der Waals surface area contributed by atoms with Gasteiger partial charge in [-0.1, -0.05) is 11.6 Å². The van der Waals surface area contributed by atoms with Crippen molar-refractivity contribution in [3.63, 3.8) is 0 Å². The van der Waals surface area contributed by atoms with Crippen molar-refractivity contribution in [1.82, 2.24) is 0 Å². The van der Waals surface area contributed by atoms with E-state index in [1.807, 2.05) is 0 Å². The van der Waals surface area contributed by atoms with E-state index < -0.39 is 0 Å². The summed E-state index contributed by atoms with van der Waals surface area (Å²) in [6, 6.07) is 3.22. The first kappa shape index (κ1) is 10.4. The summed E-state index contributed by atoms with van der Waals surface area (Å²) >= 11 is 11.3. The first-order valence-electron chi connectivity index (χ1n) is 4.15. The quantitative estimate of drug-likeness (QED) is 0.816. The molecule has 0 atom stereocenters. The summed E-state index contributed by atoms with van der Waals surface area (Å²) in [5, 5.41) is 2.97. The second kappa shape index (κ2) is 4.16. The van der Waals surface area contributed by atoms with Gasteiger partial charge in [0.2, 0.25) is 12.7 Å². The van der Waals surface area contributed by atoms with E-state index in [1.165, 1.54) is 0 Å². The highest BCUT2D eigenvalue weighted by Crippen LogP contribution is 2.41. The molecule has 1 aromatic carbocycles. The largest absolute Gasteiger partial charge is 0.453 e. The zero-order valence-corrected chi connectivity index (χ0v) is 9.06. The number of carbonyl (C=O) groups excluding carboxylic acids is 1. The molecule has 0 saturated heterocycles. The minimum Gasteiger partial charge on any atom is -0.453 e. The Morgan fingerprint density at radius 1 is 1.47 bits per heavy atom. The zero-order valence-electron chi connectivity index (χ0n) is 7.55. The molecule has 0 radical (unpaired) electrons. The molecule has 1 aromatic rings. The van der Waals surface area contributed by atoms with E-state index in [9.17, 15) is 4.79 Å². The number of benzene rings is 1. The number of halogens is 2. The van der Waals surface area contributed by atoms with Crippen molar-refractivity contribution in [3.05, 3.63) is 17.2 Å². The molecule has 2 rings (SSSR count). The molecule has 0 aromatic heterocycles. The fourth-order valence-corrected chi connectivity index (χ4v) is 1.57. The van der Waals surface area contributed by atoms with E-state index in [-0.39, 0.29) is 18.6 Å². The minimum atomic E-state index is -0.299. The third-order valence-corrected chi connectivity index (χ3v) is 2.36. The average Bonchev–Trinajstić information content (AvgIpc) is 2.66. The van der Waals surface area contributed by atoms with Gasteiger partial charge in [0, 0.05) is 11.8 Å². The Labute approximate surface area is 96.1 Å². The zero-order chi connectivity index (χ0) is 10.8. The molecule has 1 aliphatic heterocycles. The lowest BCUT2D eigenvalue weighted by Gasteiger charge is -2.05. The van der Waals surface area contributed by atoms with E-state index in [1.54, 1.807) is 12.1 Å². The third kappa shape index (κ3) is 2.11. The smallest absolute Gasteiger partial charge is 0.239 e. The van der Waals surface area contributed by atoms with Gasteiger partial charge in [-0.3, -0.25) is 4.79 Å². The van der Waals surface area contributed by atoms with Gasteiger partial charge < -0.3 is 14.8 Å². The van der Waals surface area contributed by atoms with Crippen molar-refractivity contribution >= 4 is 34.8 Å². The Morgan fingerprint density at radius 2 is 2.27 bits per heavy atom. The van der Waals surface area contributed by atoms with Crippen LogP contribution in [0.4, 0.5) is 5.69 Å². The van der Waals surface area contributed by atoms with Crippen molar-refractivity contribution in [3.8, 4) is 11.5 Å². The molecule has 0 aliphatic carbocycles. The second-order valence-electron chi connectivity index (χ2n) is 2.87. The van der Waals surface area contributed by atoms with E-state index >= 15 is 0 Å². The molecule has 1 amide bonds. The van der Waals surface area contributed by atoms with Gasteiger partial charge in [0.15, 0.2) is 11.5 Å². The third-order valence-electron chi connectivity index (χ3n) is 1.83. The Kier molecular flexibility index (Phi) is 2.88. The molecule has 80 valence electrons. The first-order chi connectivity index (χ1) is 7.20. The molecule has 15 heavy (non-hydrogen) atoms. The lowest BCUT2D eigenvalue weighted by atomic mass is 10.2. The van der Waals surface area contributed by atoms with Crippen molar-refractivity contribution in [2.45, 2.75) is 0 Å². The standard InChI is InChI=1S/C9H7Cl2NO3/c10-3-8(13)12-5-1-6(11)9-7(2-5)14-4-15-9/h1-2H,3-4H2,(H,12,13). The van der Waals surface area contributed by atoms with E-state index in [0.29, 0.717) is 22.2 Å². The van der Waals surface area contributed by atoms with Crippen LogP contribution in [0.5, 0.6) is 11.5 Å². The van der Waals surface area contributed by atoms with Crippen LogP contribution in [0.3, 0.4) is 0 Å². The highest BCUT2D eigenvalue weighted by molar-refractivity contribution is 6.33. The van der Waals surface area contributed by atoms with Gasteiger partial charge in [0.1, 0.15) is 5.88 Å². The maximum absolute atomic E-state index is 11.0. The number of hydrogen-bond acceptors (Lipinski definition) is 3. The minimum absolute atomic E-state index is 0.105. The highest BCUT2D eigenvalue weighted by Gasteiger charge is 2.18. The summed E-state index contributed by atoms with van der Waals surface area (Å²) in [7, 11) is 0. The van der Waals surface area contributed by atoms with Crippen LogP contribution in [-0.2, 0) is 4.79 Å². The van der Waals surface area contributed by atoms with Gasteiger partial charge in [-0.25, -0.2) is 0 Å². The Bertz CT molecular complexity index is 409. The van der Waals surface area contributed by atoms with E-state index in [2.05, 4.69) is 5.32 Å². The number of rotatable bonds is 2. The van der Waals surface area contributed by atoms with Crippen LogP contribution >= 0.6 is 23.2 Å². The SMILES string of the molecule is O=C(CCl)Nc1cc(Cl)c2c(c1)OCO2. The van der Waals surface area contributed by atoms with Crippen molar-refractivity contribution in [1.29, 1.82) is 0 Å². The number of hydrogen-bond donors (Lipinski definition) is 1. The maximum atomic E-state index is 11.0. The molecule has 1 N–H and O–H groups in total. The molecular weight excluding hydrogens is 241 g/mol. The van der Waals surface area contributed by atoms with Crippen LogP contribution in [0.25, 0.3) is 0 Å². The monoisotopic (exact) mass is 247 g/mol. The number of amides is 1. The van der Waals surface area contributed by atoms with Gasteiger partial charge >= 0.3 is 0 Å². The van der Waals surface area contributed by atoms with Crippen LogP contribution in [-0.4, -0.2) is 18.6 Å². The number of nitrogens with one attached hydrogen (secondary N) is 1. The fraction of sp³-hybridized carbons (Fsp3) is 0.222. The van der Waals surface area contributed by atoms with Crippen molar-refractivity contribution < 1.29 is 14.3 Å². The summed E-state index contributed by atoms with van der Waals surface area (Å²) in [6.07, 6.45) is 0. The van der Waals surface area contributed by atoms with Crippen LogP contribution in [0.15, 0.2) is 12.1 Å². The van der Waals surface area contributed by atoms with Gasteiger partial charge in [-0.15, -0.1) is 11.6 Å².